The van der Waals surface area contributed by atoms with Crippen LogP contribution in [0, 0.1) is 5.82 Å². The van der Waals surface area contributed by atoms with Gasteiger partial charge in [0.1, 0.15) is 18.2 Å². The minimum absolute atomic E-state index is 0.0302. The first kappa shape index (κ1) is 21.4. The van der Waals surface area contributed by atoms with Crippen LogP contribution >= 0.6 is 35.0 Å². The van der Waals surface area contributed by atoms with E-state index in [4.69, 9.17) is 27.9 Å². The Balaban J connectivity index is 1.52. The molecular formula is C23H14Cl2FNO3S. The summed E-state index contributed by atoms with van der Waals surface area (Å²) in [6.07, 6.45) is 1.58. The van der Waals surface area contributed by atoms with Gasteiger partial charge in [-0.05, 0) is 53.7 Å². The summed E-state index contributed by atoms with van der Waals surface area (Å²) >= 11 is 13.3. The third-order valence-corrected chi connectivity index (χ3v) is 5.97. The van der Waals surface area contributed by atoms with Gasteiger partial charge in [-0.1, -0.05) is 59.6 Å². The number of ether oxygens (including phenoxy) is 1. The van der Waals surface area contributed by atoms with E-state index in [0.29, 0.717) is 32.6 Å². The first-order valence-electron chi connectivity index (χ1n) is 9.12. The summed E-state index contributed by atoms with van der Waals surface area (Å²) in [5.74, 6) is -0.435. The molecule has 0 spiro atoms. The maximum absolute atomic E-state index is 13.7. The van der Waals surface area contributed by atoms with Crippen molar-refractivity contribution < 1.29 is 18.7 Å². The number of anilines is 1. The summed E-state index contributed by atoms with van der Waals surface area (Å²) < 4.78 is 19.4. The molecule has 1 heterocycles. The van der Waals surface area contributed by atoms with E-state index in [9.17, 15) is 14.0 Å². The number of hydrogen-bond acceptors (Lipinski definition) is 4. The number of hydrogen-bond donors (Lipinski definition) is 0. The summed E-state index contributed by atoms with van der Waals surface area (Å²) in [5.41, 5.74) is 1.37. The molecule has 1 aliphatic rings. The molecule has 1 aliphatic heterocycles. The fourth-order valence-electron chi connectivity index (χ4n) is 2.95. The van der Waals surface area contributed by atoms with Crippen molar-refractivity contribution in [2.75, 3.05) is 4.90 Å². The summed E-state index contributed by atoms with van der Waals surface area (Å²) in [4.78, 5) is 26.5. The molecule has 31 heavy (non-hydrogen) atoms. The number of thioether (sulfide) groups is 1. The van der Waals surface area contributed by atoms with E-state index in [0.717, 1.165) is 16.7 Å². The van der Waals surface area contributed by atoms with E-state index in [1.165, 1.54) is 6.07 Å². The Kier molecular flexibility index (Phi) is 6.32. The van der Waals surface area contributed by atoms with Crippen molar-refractivity contribution in [3.63, 3.8) is 0 Å². The van der Waals surface area contributed by atoms with E-state index >= 15 is 0 Å². The Morgan fingerprint density at radius 3 is 2.45 bits per heavy atom. The van der Waals surface area contributed by atoms with Gasteiger partial charge >= 0.3 is 0 Å². The molecule has 3 aromatic carbocycles. The largest absolute Gasteiger partial charge is 0.487 e. The zero-order valence-corrected chi connectivity index (χ0v) is 18.2. The van der Waals surface area contributed by atoms with Crippen molar-refractivity contribution in [2.24, 2.45) is 0 Å². The van der Waals surface area contributed by atoms with Crippen LogP contribution in [0.2, 0.25) is 10.0 Å². The number of nitrogens with zero attached hydrogens (tertiary/aromatic N) is 1. The number of halogens is 3. The van der Waals surface area contributed by atoms with Gasteiger partial charge in [0.25, 0.3) is 11.1 Å². The van der Waals surface area contributed by atoms with Gasteiger partial charge in [0, 0.05) is 5.56 Å². The van der Waals surface area contributed by atoms with Gasteiger partial charge < -0.3 is 4.74 Å². The molecule has 3 aromatic rings. The molecule has 0 aromatic heterocycles. The Morgan fingerprint density at radius 2 is 1.71 bits per heavy atom. The normalized spacial score (nSPS) is 15.1. The van der Waals surface area contributed by atoms with E-state index in [1.807, 2.05) is 0 Å². The first-order chi connectivity index (χ1) is 14.9. The van der Waals surface area contributed by atoms with Gasteiger partial charge in [-0.2, -0.15) is 0 Å². The van der Waals surface area contributed by atoms with Crippen LogP contribution in [0.25, 0.3) is 6.08 Å². The van der Waals surface area contributed by atoms with Gasteiger partial charge in [-0.25, -0.2) is 9.29 Å². The SMILES string of the molecule is O=C1S/C(=C\c2ccc(OCc3ccccc3F)c(Cl)c2)C(=O)N1c1ccccc1Cl. The van der Waals surface area contributed by atoms with Crippen molar-refractivity contribution in [2.45, 2.75) is 6.61 Å². The zero-order valence-electron chi connectivity index (χ0n) is 15.8. The molecule has 156 valence electrons. The van der Waals surface area contributed by atoms with Crippen molar-refractivity contribution in [1.29, 1.82) is 0 Å². The molecule has 4 rings (SSSR count). The third-order valence-electron chi connectivity index (χ3n) is 4.48. The number of carbonyl (C=O) groups is 2. The van der Waals surface area contributed by atoms with Crippen molar-refractivity contribution in [3.05, 3.63) is 98.6 Å². The van der Waals surface area contributed by atoms with Gasteiger partial charge in [0.05, 0.1) is 20.6 Å². The highest BCUT2D eigenvalue weighted by atomic mass is 35.5. The average Bonchev–Trinajstić information content (AvgIpc) is 3.02. The van der Waals surface area contributed by atoms with Crippen molar-refractivity contribution in [3.8, 4) is 5.75 Å². The second kappa shape index (κ2) is 9.14. The number of rotatable bonds is 5. The fraction of sp³-hybridized carbons (Fsp3) is 0.0435. The lowest BCUT2D eigenvalue weighted by atomic mass is 10.2. The van der Waals surface area contributed by atoms with E-state index in [-0.39, 0.29) is 17.3 Å². The average molecular weight is 474 g/mol. The third kappa shape index (κ3) is 4.61. The van der Waals surface area contributed by atoms with Crippen molar-refractivity contribution >= 4 is 57.9 Å². The highest BCUT2D eigenvalue weighted by Gasteiger charge is 2.37. The minimum atomic E-state index is -0.459. The topological polar surface area (TPSA) is 46.6 Å². The maximum atomic E-state index is 13.7. The molecule has 0 bridgehead atoms. The predicted octanol–water partition coefficient (Wildman–Crippen LogP) is 6.95. The second-order valence-electron chi connectivity index (χ2n) is 6.54. The number of benzene rings is 3. The summed E-state index contributed by atoms with van der Waals surface area (Å²) in [7, 11) is 0. The highest BCUT2D eigenvalue weighted by Crippen LogP contribution is 2.39. The molecule has 0 N–H and O–H groups in total. The lowest BCUT2D eigenvalue weighted by molar-refractivity contribution is -0.113. The Labute approximate surface area is 192 Å². The van der Waals surface area contributed by atoms with Gasteiger partial charge in [0.15, 0.2) is 0 Å². The number of imide groups is 1. The lowest BCUT2D eigenvalue weighted by Crippen LogP contribution is -2.27. The fourth-order valence-corrected chi connectivity index (χ4v) is 4.25. The summed E-state index contributed by atoms with van der Waals surface area (Å²) in [6.45, 7) is 0.0302. The Morgan fingerprint density at radius 1 is 0.968 bits per heavy atom. The smallest absolute Gasteiger partial charge is 0.298 e. The minimum Gasteiger partial charge on any atom is -0.487 e. The summed E-state index contributed by atoms with van der Waals surface area (Å²) in [6, 6.07) is 17.9. The van der Waals surface area contributed by atoms with Crippen molar-refractivity contribution in [1.82, 2.24) is 0 Å². The Hall–Kier alpha value is -2.80. The molecule has 0 saturated carbocycles. The molecule has 4 nitrogen and oxygen atoms in total. The van der Waals surface area contributed by atoms with E-state index in [1.54, 1.807) is 66.7 Å². The van der Waals surface area contributed by atoms with Crippen LogP contribution < -0.4 is 9.64 Å². The zero-order chi connectivity index (χ0) is 22.0. The lowest BCUT2D eigenvalue weighted by Gasteiger charge is -2.13. The molecule has 0 atom stereocenters. The molecule has 8 heteroatoms. The van der Waals surface area contributed by atoms with Crippen LogP contribution in [0.15, 0.2) is 71.6 Å². The molecule has 2 amide bonds. The Bertz CT molecular complexity index is 1210. The van der Waals surface area contributed by atoms with Gasteiger partial charge in [0.2, 0.25) is 0 Å². The molecule has 0 unspecified atom stereocenters. The highest BCUT2D eigenvalue weighted by molar-refractivity contribution is 8.19. The number of para-hydroxylation sites is 1. The number of carbonyl (C=O) groups excluding carboxylic acids is 2. The van der Waals surface area contributed by atoms with Crippen LogP contribution in [0.1, 0.15) is 11.1 Å². The van der Waals surface area contributed by atoms with Gasteiger partial charge in [-0.3, -0.25) is 9.59 Å². The van der Waals surface area contributed by atoms with E-state index in [2.05, 4.69) is 0 Å². The predicted molar refractivity (Wildman–Crippen MR) is 122 cm³/mol. The second-order valence-corrected chi connectivity index (χ2v) is 8.35. The number of amides is 2. The standard InChI is InChI=1S/C23H14Cl2FNO3S/c24-16-6-2-4-8-19(16)27-22(28)21(31-23(27)29)12-14-9-10-20(17(25)11-14)30-13-15-5-1-3-7-18(15)26/h1-12H,13H2/b21-12-. The molecule has 0 aliphatic carbocycles. The maximum Gasteiger partial charge on any atom is 0.298 e. The van der Waals surface area contributed by atoms with Crippen LogP contribution in [0.5, 0.6) is 5.75 Å². The van der Waals surface area contributed by atoms with E-state index < -0.39 is 11.1 Å². The van der Waals surface area contributed by atoms with Gasteiger partial charge in [-0.15, -0.1) is 0 Å². The van der Waals surface area contributed by atoms with Crippen LogP contribution in [-0.4, -0.2) is 11.1 Å². The van der Waals surface area contributed by atoms with Crippen LogP contribution in [-0.2, 0) is 11.4 Å². The molecule has 1 fully saturated rings. The van der Waals surface area contributed by atoms with Crippen LogP contribution in [0.4, 0.5) is 14.9 Å². The molecule has 0 radical (unpaired) electrons. The first-order valence-corrected chi connectivity index (χ1v) is 10.7. The summed E-state index contributed by atoms with van der Waals surface area (Å²) in [5, 5.41) is 0.182. The monoisotopic (exact) mass is 473 g/mol. The molecular weight excluding hydrogens is 460 g/mol. The quantitative estimate of drug-likeness (QED) is 0.376. The molecule has 1 saturated heterocycles. The van der Waals surface area contributed by atoms with Crippen LogP contribution in [0.3, 0.4) is 0 Å².